The fraction of sp³-hybridized carbons (Fsp3) is 0.400. The van der Waals surface area contributed by atoms with E-state index in [0.717, 1.165) is 11.1 Å². The summed E-state index contributed by atoms with van der Waals surface area (Å²) in [6.07, 6.45) is 1.46. The Morgan fingerprint density at radius 3 is 2.30 bits per heavy atom. The van der Waals surface area contributed by atoms with Crippen LogP contribution in [0.3, 0.4) is 0 Å². The Morgan fingerprint density at radius 1 is 0.970 bits per heavy atom. The van der Waals surface area contributed by atoms with Gasteiger partial charge in [0.2, 0.25) is 5.91 Å². The van der Waals surface area contributed by atoms with Gasteiger partial charge in [-0.05, 0) is 41.5 Å². The number of hydrogen-bond acceptors (Lipinski definition) is 5. The van der Waals surface area contributed by atoms with E-state index in [4.69, 9.17) is 14.6 Å². The van der Waals surface area contributed by atoms with Gasteiger partial charge in [0.15, 0.2) is 0 Å². The Bertz CT molecular complexity index is 978. The molecule has 0 heterocycles. The average molecular weight is 453 g/mol. The van der Waals surface area contributed by atoms with Crippen molar-refractivity contribution in [1.29, 1.82) is 0 Å². The SMILES string of the molecule is O=C(O)COCCNC(=O)[C@H]1CC[C@@H](NC(=O)OCC2c3ccccc3-c3ccccc32)C1. The second-order valence-electron chi connectivity index (χ2n) is 8.41. The highest BCUT2D eigenvalue weighted by Crippen LogP contribution is 2.44. The van der Waals surface area contributed by atoms with Gasteiger partial charge in [-0.1, -0.05) is 48.5 Å². The maximum atomic E-state index is 12.5. The quantitative estimate of drug-likeness (QED) is 0.504. The third-order valence-corrected chi connectivity index (χ3v) is 6.24. The molecule has 2 aliphatic carbocycles. The van der Waals surface area contributed by atoms with Crippen molar-refractivity contribution >= 4 is 18.0 Å². The molecule has 3 N–H and O–H groups in total. The summed E-state index contributed by atoms with van der Waals surface area (Å²) in [6, 6.07) is 16.3. The number of rotatable bonds is 9. The lowest BCUT2D eigenvalue weighted by atomic mass is 9.98. The predicted octanol–water partition coefficient (Wildman–Crippen LogP) is 2.91. The number of alkyl carbamates (subject to hydrolysis) is 1. The molecule has 1 fully saturated rings. The number of fused-ring (bicyclic) bond motifs is 3. The molecule has 2 amide bonds. The molecule has 2 aliphatic rings. The van der Waals surface area contributed by atoms with Crippen LogP contribution in [0, 0.1) is 5.92 Å². The van der Waals surface area contributed by atoms with Gasteiger partial charge in [-0.2, -0.15) is 0 Å². The topological polar surface area (TPSA) is 114 Å². The molecule has 2 aromatic rings. The monoisotopic (exact) mass is 452 g/mol. The molecule has 0 unspecified atom stereocenters. The van der Waals surface area contributed by atoms with Crippen LogP contribution in [0.15, 0.2) is 48.5 Å². The van der Waals surface area contributed by atoms with E-state index < -0.39 is 12.1 Å². The second kappa shape index (κ2) is 10.5. The smallest absolute Gasteiger partial charge is 0.407 e. The number of carboxylic acid groups (broad SMARTS) is 1. The molecule has 2 atom stereocenters. The molecule has 0 radical (unpaired) electrons. The molecule has 33 heavy (non-hydrogen) atoms. The lowest BCUT2D eigenvalue weighted by Crippen LogP contribution is -2.36. The van der Waals surface area contributed by atoms with E-state index in [-0.39, 0.29) is 50.2 Å². The van der Waals surface area contributed by atoms with Crippen LogP contribution in [0.1, 0.15) is 36.3 Å². The molecule has 0 aliphatic heterocycles. The van der Waals surface area contributed by atoms with E-state index in [1.165, 1.54) is 11.1 Å². The van der Waals surface area contributed by atoms with Crippen LogP contribution in [0.25, 0.3) is 11.1 Å². The van der Waals surface area contributed by atoms with Crippen LogP contribution in [-0.2, 0) is 19.1 Å². The first-order valence-corrected chi connectivity index (χ1v) is 11.2. The molecule has 0 spiro atoms. The van der Waals surface area contributed by atoms with Crippen molar-refractivity contribution in [3.63, 3.8) is 0 Å². The van der Waals surface area contributed by atoms with Gasteiger partial charge in [-0.15, -0.1) is 0 Å². The van der Waals surface area contributed by atoms with Gasteiger partial charge >= 0.3 is 12.1 Å². The number of ether oxygens (including phenoxy) is 2. The molecule has 2 aromatic carbocycles. The van der Waals surface area contributed by atoms with E-state index in [2.05, 4.69) is 34.9 Å². The molecule has 0 saturated heterocycles. The van der Waals surface area contributed by atoms with Gasteiger partial charge in [-0.3, -0.25) is 4.79 Å². The number of carbonyl (C=O) groups excluding carboxylic acids is 2. The minimum atomic E-state index is -1.04. The molecule has 4 rings (SSSR count). The van der Waals surface area contributed by atoms with Crippen LogP contribution < -0.4 is 10.6 Å². The Morgan fingerprint density at radius 2 is 1.64 bits per heavy atom. The third kappa shape index (κ3) is 5.51. The Balaban J connectivity index is 1.22. The summed E-state index contributed by atoms with van der Waals surface area (Å²) >= 11 is 0. The Hall–Kier alpha value is -3.39. The molecule has 1 saturated carbocycles. The molecule has 174 valence electrons. The first-order chi connectivity index (χ1) is 16.0. The van der Waals surface area contributed by atoms with E-state index in [0.29, 0.717) is 19.3 Å². The van der Waals surface area contributed by atoms with Crippen LogP contribution in [0.5, 0.6) is 0 Å². The zero-order valence-corrected chi connectivity index (χ0v) is 18.3. The lowest BCUT2D eigenvalue weighted by Gasteiger charge is -2.17. The lowest BCUT2D eigenvalue weighted by molar-refractivity contribution is -0.142. The molecule has 0 aromatic heterocycles. The summed E-state index contributed by atoms with van der Waals surface area (Å²) in [4.78, 5) is 35.1. The van der Waals surface area contributed by atoms with Gasteiger partial charge in [0, 0.05) is 24.4 Å². The molecular formula is C25H28N2O6. The Labute approximate surface area is 192 Å². The Kier molecular flexibility index (Phi) is 7.24. The van der Waals surface area contributed by atoms with Crippen molar-refractivity contribution < 1.29 is 29.0 Å². The molecule has 0 bridgehead atoms. The normalized spacial score (nSPS) is 18.9. The van der Waals surface area contributed by atoms with Gasteiger partial charge in [-0.25, -0.2) is 9.59 Å². The highest BCUT2D eigenvalue weighted by atomic mass is 16.5. The zero-order valence-electron chi connectivity index (χ0n) is 18.3. The largest absolute Gasteiger partial charge is 0.480 e. The van der Waals surface area contributed by atoms with Crippen molar-refractivity contribution in [3.05, 3.63) is 59.7 Å². The van der Waals surface area contributed by atoms with Crippen LogP contribution in [0.2, 0.25) is 0 Å². The van der Waals surface area contributed by atoms with Gasteiger partial charge in [0.05, 0.1) is 6.61 Å². The number of amides is 2. The minimum absolute atomic E-state index is 0.00796. The van der Waals surface area contributed by atoms with Crippen molar-refractivity contribution in [1.82, 2.24) is 10.6 Å². The fourth-order valence-corrected chi connectivity index (χ4v) is 4.71. The molecule has 8 nitrogen and oxygen atoms in total. The third-order valence-electron chi connectivity index (χ3n) is 6.24. The number of carboxylic acids is 1. The number of hydrogen-bond donors (Lipinski definition) is 3. The van der Waals surface area contributed by atoms with Crippen LogP contribution in [-0.4, -0.2) is 55.5 Å². The first kappa shape index (κ1) is 22.8. The summed E-state index contributed by atoms with van der Waals surface area (Å²) in [5, 5.41) is 14.2. The maximum Gasteiger partial charge on any atom is 0.407 e. The van der Waals surface area contributed by atoms with Gasteiger partial charge in [0.1, 0.15) is 13.2 Å². The summed E-state index contributed by atoms with van der Waals surface area (Å²) in [5.74, 6) is -1.33. The van der Waals surface area contributed by atoms with Gasteiger partial charge in [0.25, 0.3) is 0 Å². The van der Waals surface area contributed by atoms with Crippen LogP contribution >= 0.6 is 0 Å². The van der Waals surface area contributed by atoms with Crippen LogP contribution in [0.4, 0.5) is 4.79 Å². The number of benzene rings is 2. The molecular weight excluding hydrogens is 424 g/mol. The molecule has 8 heteroatoms. The average Bonchev–Trinajstić information content (AvgIpc) is 3.40. The fourth-order valence-electron chi connectivity index (χ4n) is 4.71. The number of nitrogens with one attached hydrogen (secondary N) is 2. The van der Waals surface area contributed by atoms with Crippen molar-refractivity contribution in [2.75, 3.05) is 26.4 Å². The highest BCUT2D eigenvalue weighted by molar-refractivity contribution is 5.80. The minimum Gasteiger partial charge on any atom is -0.480 e. The summed E-state index contributed by atoms with van der Waals surface area (Å²) in [5.41, 5.74) is 4.69. The van der Waals surface area contributed by atoms with E-state index in [9.17, 15) is 14.4 Å². The van der Waals surface area contributed by atoms with E-state index in [1.54, 1.807) is 0 Å². The summed E-state index contributed by atoms with van der Waals surface area (Å²) < 4.78 is 10.5. The van der Waals surface area contributed by atoms with E-state index >= 15 is 0 Å². The standard InChI is InChI=1S/C25H28N2O6/c28-23(29)15-32-12-11-26-24(30)16-9-10-17(13-16)27-25(31)33-14-22-20-7-3-1-5-18(20)19-6-2-4-8-21(19)22/h1-8,16-17,22H,9-15H2,(H,26,30)(H,27,31)(H,28,29)/t16-,17+/m0/s1. The highest BCUT2D eigenvalue weighted by Gasteiger charge is 2.32. The van der Waals surface area contributed by atoms with E-state index in [1.807, 2.05) is 24.3 Å². The summed E-state index contributed by atoms with van der Waals surface area (Å²) in [6.45, 7) is 0.275. The van der Waals surface area contributed by atoms with Crippen molar-refractivity contribution in [2.24, 2.45) is 5.92 Å². The van der Waals surface area contributed by atoms with Crippen molar-refractivity contribution in [3.8, 4) is 11.1 Å². The first-order valence-electron chi connectivity index (χ1n) is 11.2. The predicted molar refractivity (Wildman–Crippen MR) is 121 cm³/mol. The zero-order chi connectivity index (χ0) is 23.2. The second-order valence-corrected chi connectivity index (χ2v) is 8.41. The number of aliphatic carboxylic acids is 1. The number of carbonyl (C=O) groups is 3. The summed E-state index contributed by atoms with van der Waals surface area (Å²) in [7, 11) is 0. The van der Waals surface area contributed by atoms with Gasteiger partial charge < -0.3 is 25.2 Å². The maximum absolute atomic E-state index is 12.5. The van der Waals surface area contributed by atoms with Crippen molar-refractivity contribution in [2.45, 2.75) is 31.2 Å².